The summed E-state index contributed by atoms with van der Waals surface area (Å²) in [4.78, 5) is 37.5. The molecule has 0 saturated carbocycles. The minimum absolute atomic E-state index is 0.00664. The van der Waals surface area contributed by atoms with Crippen LogP contribution in [0.3, 0.4) is 0 Å². The Labute approximate surface area is 259 Å². The Morgan fingerprint density at radius 2 is 1.60 bits per heavy atom. The van der Waals surface area contributed by atoms with Gasteiger partial charge in [-0.3, -0.25) is 14.5 Å². The van der Waals surface area contributed by atoms with E-state index in [1.165, 1.54) is 7.05 Å². The van der Waals surface area contributed by atoms with Gasteiger partial charge in [0, 0.05) is 30.5 Å². The van der Waals surface area contributed by atoms with E-state index in [0.717, 1.165) is 44.4 Å². The maximum absolute atomic E-state index is 12.3. The number of unbranched alkanes of at least 4 members (excludes halogenated alkanes) is 1. The number of fused-ring (bicyclic) bond motifs is 1. The molecule has 0 aromatic heterocycles. The lowest BCUT2D eigenvalue weighted by atomic mass is 10.0. The van der Waals surface area contributed by atoms with E-state index in [1.807, 2.05) is 72.2 Å². The molecule has 3 atom stereocenters. The fourth-order valence-corrected chi connectivity index (χ4v) is 6.06. The van der Waals surface area contributed by atoms with Gasteiger partial charge in [-0.15, -0.1) is 0 Å². The van der Waals surface area contributed by atoms with Gasteiger partial charge < -0.3 is 36.5 Å². The number of likely N-dealkylation sites (N-methyl/N-ethyl adjacent to an activating group) is 1. The minimum atomic E-state index is -0.354. The topological polar surface area (TPSA) is 147 Å². The number of nitrogens with one attached hydrogen (secondary N) is 4. The summed E-state index contributed by atoms with van der Waals surface area (Å²) >= 11 is 1.91. The van der Waals surface area contributed by atoms with Gasteiger partial charge in [0.05, 0.1) is 43.0 Å². The molecule has 0 spiro atoms. The van der Waals surface area contributed by atoms with E-state index in [1.54, 1.807) is 0 Å². The summed E-state index contributed by atoms with van der Waals surface area (Å²) in [6.07, 6.45) is 4.85. The van der Waals surface area contributed by atoms with Gasteiger partial charge in [0.1, 0.15) is 0 Å². The van der Waals surface area contributed by atoms with Crippen LogP contribution in [0, 0.1) is 0 Å². The van der Waals surface area contributed by atoms with E-state index in [2.05, 4.69) is 27.0 Å². The predicted octanol–water partition coefficient (Wildman–Crippen LogP) is 2.87. The van der Waals surface area contributed by atoms with Crippen molar-refractivity contribution in [1.82, 2.24) is 26.2 Å². The maximum atomic E-state index is 12.3. The van der Waals surface area contributed by atoms with Gasteiger partial charge in [-0.25, -0.2) is 4.79 Å². The molecule has 0 radical (unpaired) electrons. The first-order chi connectivity index (χ1) is 19.9. The summed E-state index contributed by atoms with van der Waals surface area (Å²) in [6.45, 7) is 17.5. The van der Waals surface area contributed by atoms with Gasteiger partial charge in [0.25, 0.3) is 0 Å². The van der Waals surface area contributed by atoms with Crippen LogP contribution >= 0.6 is 11.8 Å². The summed E-state index contributed by atoms with van der Waals surface area (Å²) in [6, 6.07) is 0.426. The van der Waals surface area contributed by atoms with Crippen molar-refractivity contribution in [2.24, 2.45) is 5.73 Å². The third-order valence-electron chi connectivity index (χ3n) is 7.20. The molecule has 2 aliphatic rings. The molecule has 4 amide bonds. The number of urea groups is 1. The zero-order valence-corrected chi connectivity index (χ0v) is 28.7. The Kier molecular flexibility index (Phi) is 21.2. The molecule has 2 aliphatic heterocycles. The van der Waals surface area contributed by atoms with Crippen LogP contribution in [0.2, 0.25) is 0 Å². The number of hydrogen-bond acceptors (Lipinski definition) is 8. The standard InChI is InChI=1S/C27H51N5O5S.C2H6.CH5N/c1-7-32(6)18-23(34)29-15-17-37-27(4,5)13-16-36-26(2,3)12-14-28-22(33)11-9-8-10-21-24-20(19-38-21)30-25(35)31-24;2*1-2/h20-21,24H,7-19H2,1-6H3,(H,28,33)(H,29,34)(H2,30,31,35);1-2H3;2H2,1H3. The van der Waals surface area contributed by atoms with Gasteiger partial charge in [-0.1, -0.05) is 27.2 Å². The largest absolute Gasteiger partial charge is 0.375 e. The first-order valence-corrected chi connectivity index (χ1v) is 16.7. The molecule has 0 aliphatic carbocycles. The molecule has 2 saturated heterocycles. The van der Waals surface area contributed by atoms with E-state index < -0.39 is 0 Å². The number of ether oxygens (including phenoxy) is 2. The van der Waals surface area contributed by atoms with Crippen molar-refractivity contribution in [3.63, 3.8) is 0 Å². The quantitative estimate of drug-likeness (QED) is 0.110. The average molecular weight is 619 g/mol. The third kappa shape index (κ3) is 17.5. The maximum Gasteiger partial charge on any atom is 0.315 e. The van der Waals surface area contributed by atoms with E-state index in [9.17, 15) is 14.4 Å². The Bertz CT molecular complexity index is 770. The SMILES string of the molecule is CC.CCN(C)CC(=O)NCCOC(C)(C)CCOC(C)(C)CCNC(=O)CCCCC1SCC2NC(=O)NC21.CN. The van der Waals surface area contributed by atoms with Crippen molar-refractivity contribution < 1.29 is 23.9 Å². The Hall–Kier alpha value is -1.60. The highest BCUT2D eigenvalue weighted by Crippen LogP contribution is 2.33. The summed E-state index contributed by atoms with van der Waals surface area (Å²) in [5, 5.41) is 12.3. The summed E-state index contributed by atoms with van der Waals surface area (Å²) in [7, 11) is 3.42. The number of rotatable bonds is 19. The van der Waals surface area contributed by atoms with Crippen LogP contribution in [0.25, 0.3) is 0 Å². The molecule has 0 aromatic rings. The smallest absolute Gasteiger partial charge is 0.315 e. The van der Waals surface area contributed by atoms with Gasteiger partial charge in [-0.05, 0) is 74.0 Å². The lowest BCUT2D eigenvalue weighted by Gasteiger charge is -2.30. The van der Waals surface area contributed by atoms with Gasteiger partial charge in [-0.2, -0.15) is 11.8 Å². The second-order valence-corrected chi connectivity index (χ2v) is 12.9. The normalized spacial score (nSPS) is 19.5. The fraction of sp³-hybridized carbons (Fsp3) is 0.900. The monoisotopic (exact) mass is 618 g/mol. The number of hydrogen-bond donors (Lipinski definition) is 5. The molecule has 11 nitrogen and oxygen atoms in total. The molecule has 2 fully saturated rings. The van der Waals surface area contributed by atoms with Crippen LogP contribution in [-0.2, 0) is 19.1 Å². The van der Waals surface area contributed by atoms with Crippen LogP contribution in [0.1, 0.15) is 87.0 Å². The van der Waals surface area contributed by atoms with Crippen molar-refractivity contribution in [1.29, 1.82) is 0 Å². The van der Waals surface area contributed by atoms with E-state index in [-0.39, 0.29) is 41.1 Å². The summed E-state index contributed by atoms with van der Waals surface area (Å²) in [5.74, 6) is 1.05. The minimum Gasteiger partial charge on any atom is -0.375 e. The van der Waals surface area contributed by atoms with Gasteiger partial charge in [0.2, 0.25) is 11.8 Å². The third-order valence-corrected chi connectivity index (χ3v) is 8.71. The second kappa shape index (κ2) is 22.0. The lowest BCUT2D eigenvalue weighted by molar-refractivity contribution is -0.123. The Morgan fingerprint density at radius 3 is 2.26 bits per heavy atom. The van der Waals surface area contributed by atoms with Crippen LogP contribution in [0.15, 0.2) is 0 Å². The second-order valence-electron chi connectivity index (χ2n) is 11.6. The number of carbonyl (C=O) groups excluding carboxylic acids is 3. The van der Waals surface area contributed by atoms with Crippen LogP contribution in [0.4, 0.5) is 4.79 Å². The number of carbonyl (C=O) groups is 3. The van der Waals surface area contributed by atoms with E-state index >= 15 is 0 Å². The average Bonchev–Trinajstić information content (AvgIpc) is 3.50. The molecule has 248 valence electrons. The lowest BCUT2D eigenvalue weighted by Crippen LogP contribution is -2.38. The van der Waals surface area contributed by atoms with Crippen molar-refractivity contribution in [3.8, 4) is 0 Å². The fourth-order valence-electron chi connectivity index (χ4n) is 4.51. The van der Waals surface area contributed by atoms with E-state index in [0.29, 0.717) is 44.5 Å². The molecule has 42 heavy (non-hydrogen) atoms. The molecule has 0 bridgehead atoms. The summed E-state index contributed by atoms with van der Waals surface area (Å²) in [5.41, 5.74) is 3.80. The molecule has 6 N–H and O–H groups in total. The molecule has 2 rings (SSSR count). The molecular formula is C30H62N6O5S. The Balaban J connectivity index is 0.00000402. The first kappa shape index (κ1) is 40.4. The molecule has 0 aromatic carbocycles. The van der Waals surface area contributed by atoms with Crippen molar-refractivity contribution in [2.75, 3.05) is 59.2 Å². The molecule has 2 heterocycles. The van der Waals surface area contributed by atoms with Gasteiger partial charge >= 0.3 is 6.03 Å². The molecule has 12 heteroatoms. The van der Waals surface area contributed by atoms with Crippen LogP contribution in [0.5, 0.6) is 0 Å². The van der Waals surface area contributed by atoms with Crippen LogP contribution in [-0.4, -0.2) is 111 Å². The first-order valence-electron chi connectivity index (χ1n) is 15.7. The highest BCUT2D eigenvalue weighted by molar-refractivity contribution is 8.00. The highest BCUT2D eigenvalue weighted by Gasteiger charge is 2.42. The number of thioether (sulfide) groups is 1. The number of nitrogens with zero attached hydrogens (tertiary/aromatic N) is 1. The van der Waals surface area contributed by atoms with Crippen molar-refractivity contribution >= 4 is 29.6 Å². The summed E-state index contributed by atoms with van der Waals surface area (Å²) < 4.78 is 12.1. The zero-order chi connectivity index (χ0) is 32.2. The van der Waals surface area contributed by atoms with Gasteiger partial charge in [0.15, 0.2) is 0 Å². The zero-order valence-electron chi connectivity index (χ0n) is 27.9. The predicted molar refractivity (Wildman–Crippen MR) is 174 cm³/mol. The number of amides is 4. The Morgan fingerprint density at radius 1 is 0.976 bits per heavy atom. The van der Waals surface area contributed by atoms with Crippen molar-refractivity contribution in [3.05, 3.63) is 0 Å². The molecular weight excluding hydrogens is 556 g/mol. The van der Waals surface area contributed by atoms with Crippen molar-refractivity contribution in [2.45, 2.75) is 116 Å². The molecule has 3 unspecified atom stereocenters. The van der Waals surface area contributed by atoms with E-state index in [4.69, 9.17) is 9.47 Å². The highest BCUT2D eigenvalue weighted by atomic mass is 32.2. The van der Waals surface area contributed by atoms with Crippen LogP contribution < -0.4 is 27.0 Å². The number of nitrogens with two attached hydrogens (primary N) is 1.